The van der Waals surface area contributed by atoms with Crippen LogP contribution in [0.3, 0.4) is 0 Å². The summed E-state index contributed by atoms with van der Waals surface area (Å²) in [6.45, 7) is 1.65. The van der Waals surface area contributed by atoms with E-state index in [0.29, 0.717) is 0 Å². The maximum Gasteiger partial charge on any atom is 0.244 e. The molecule has 0 spiro atoms. The molecular weight excluding hydrogens is 292 g/mol. The Hall–Kier alpha value is -2.70. The van der Waals surface area contributed by atoms with Crippen LogP contribution in [0.15, 0.2) is 36.9 Å². The molecule has 7 nitrogen and oxygen atoms in total. The molecule has 0 aromatic carbocycles. The van der Waals surface area contributed by atoms with Crippen molar-refractivity contribution in [1.82, 2.24) is 25.1 Å². The Bertz CT molecular complexity index is 681. The molecule has 0 radical (unpaired) electrons. The highest BCUT2D eigenvalue weighted by Crippen LogP contribution is 2.15. The topological polar surface area (TPSA) is 75.9 Å². The predicted octanol–water partition coefficient (Wildman–Crippen LogP) is 1.01. The highest BCUT2D eigenvalue weighted by atomic mass is 16.1. The molecule has 23 heavy (non-hydrogen) atoms. The van der Waals surface area contributed by atoms with Crippen molar-refractivity contribution in [2.75, 3.05) is 18.0 Å². The summed E-state index contributed by atoms with van der Waals surface area (Å²) in [5.41, 5.74) is 0.908. The van der Waals surface area contributed by atoms with E-state index in [9.17, 15) is 4.79 Å². The Morgan fingerprint density at radius 3 is 2.96 bits per heavy atom. The number of aryl methyl sites for hydroxylation is 1. The first-order valence-electron chi connectivity index (χ1n) is 7.70. The van der Waals surface area contributed by atoms with Gasteiger partial charge in [0, 0.05) is 56.4 Å². The van der Waals surface area contributed by atoms with Crippen LogP contribution in [0.5, 0.6) is 0 Å². The van der Waals surface area contributed by atoms with Crippen LogP contribution in [0.2, 0.25) is 0 Å². The van der Waals surface area contributed by atoms with Crippen molar-refractivity contribution in [3.63, 3.8) is 0 Å². The molecule has 0 saturated carbocycles. The zero-order valence-electron chi connectivity index (χ0n) is 13.1. The van der Waals surface area contributed by atoms with Crippen LogP contribution in [0.25, 0.3) is 6.08 Å². The summed E-state index contributed by atoms with van der Waals surface area (Å²) in [4.78, 5) is 22.7. The lowest BCUT2D eigenvalue weighted by atomic mass is 10.1. The van der Waals surface area contributed by atoms with E-state index in [0.717, 1.165) is 37.4 Å². The molecule has 1 atom stereocenters. The summed E-state index contributed by atoms with van der Waals surface area (Å²) in [5, 5.41) is 7.11. The van der Waals surface area contributed by atoms with E-state index in [1.807, 2.05) is 13.2 Å². The average Bonchev–Trinajstić information content (AvgIpc) is 3.00. The minimum atomic E-state index is -0.0883. The lowest BCUT2D eigenvalue weighted by molar-refractivity contribution is -0.117. The van der Waals surface area contributed by atoms with E-state index >= 15 is 0 Å². The Balaban J connectivity index is 1.55. The molecule has 0 bridgehead atoms. The van der Waals surface area contributed by atoms with Gasteiger partial charge in [0.1, 0.15) is 0 Å². The van der Waals surface area contributed by atoms with Crippen LogP contribution >= 0.6 is 0 Å². The van der Waals surface area contributed by atoms with Gasteiger partial charge >= 0.3 is 0 Å². The van der Waals surface area contributed by atoms with Crippen LogP contribution in [0, 0.1) is 0 Å². The summed E-state index contributed by atoms with van der Waals surface area (Å²) in [6, 6.07) is 1.91. The van der Waals surface area contributed by atoms with Gasteiger partial charge in [0.25, 0.3) is 0 Å². The van der Waals surface area contributed by atoms with E-state index in [2.05, 4.69) is 25.3 Å². The summed E-state index contributed by atoms with van der Waals surface area (Å²) in [6.07, 6.45) is 12.4. The maximum absolute atomic E-state index is 12.1. The van der Waals surface area contributed by atoms with Gasteiger partial charge in [-0.25, -0.2) is 9.97 Å². The quantitative estimate of drug-likeness (QED) is 0.853. The third kappa shape index (κ3) is 4.15. The van der Waals surface area contributed by atoms with Crippen molar-refractivity contribution >= 4 is 17.9 Å². The van der Waals surface area contributed by atoms with Crippen molar-refractivity contribution < 1.29 is 4.79 Å². The normalized spacial score (nSPS) is 18.3. The third-order valence-corrected chi connectivity index (χ3v) is 3.75. The van der Waals surface area contributed by atoms with Gasteiger partial charge in [-0.1, -0.05) is 0 Å². The number of rotatable bonds is 4. The smallest absolute Gasteiger partial charge is 0.244 e. The molecule has 7 heteroatoms. The third-order valence-electron chi connectivity index (χ3n) is 3.75. The van der Waals surface area contributed by atoms with Crippen molar-refractivity contribution in [3.05, 3.63) is 42.5 Å². The molecule has 120 valence electrons. The van der Waals surface area contributed by atoms with Crippen LogP contribution < -0.4 is 10.2 Å². The lowest BCUT2D eigenvalue weighted by Gasteiger charge is -2.32. The van der Waals surface area contributed by atoms with Crippen LogP contribution in [-0.4, -0.2) is 44.8 Å². The van der Waals surface area contributed by atoms with E-state index in [1.165, 1.54) is 0 Å². The summed E-state index contributed by atoms with van der Waals surface area (Å²) in [7, 11) is 1.85. The number of hydrogen-bond acceptors (Lipinski definition) is 5. The van der Waals surface area contributed by atoms with Gasteiger partial charge < -0.3 is 10.2 Å². The van der Waals surface area contributed by atoms with Crippen molar-refractivity contribution in [1.29, 1.82) is 0 Å². The molecule has 1 aliphatic heterocycles. The van der Waals surface area contributed by atoms with Gasteiger partial charge in [-0.2, -0.15) is 5.10 Å². The molecule has 0 aliphatic carbocycles. The molecular formula is C16H20N6O. The minimum absolute atomic E-state index is 0.0883. The van der Waals surface area contributed by atoms with Crippen molar-refractivity contribution in [3.8, 4) is 0 Å². The zero-order valence-corrected chi connectivity index (χ0v) is 13.1. The molecule has 1 amide bonds. The number of nitrogens with one attached hydrogen (secondary N) is 1. The maximum atomic E-state index is 12.1. The number of amides is 1. The average molecular weight is 312 g/mol. The Morgan fingerprint density at radius 2 is 2.22 bits per heavy atom. The Labute approximate surface area is 135 Å². The predicted molar refractivity (Wildman–Crippen MR) is 87.7 cm³/mol. The molecule has 3 rings (SSSR count). The van der Waals surface area contributed by atoms with Gasteiger partial charge in [-0.05, 0) is 25.0 Å². The number of carbonyl (C=O) groups is 1. The van der Waals surface area contributed by atoms with E-state index in [-0.39, 0.29) is 11.9 Å². The lowest BCUT2D eigenvalue weighted by Crippen LogP contribution is -2.47. The number of carbonyl (C=O) groups excluding carboxylic acids is 1. The molecule has 2 aromatic heterocycles. The second-order valence-electron chi connectivity index (χ2n) is 5.62. The number of piperidine rings is 1. The summed E-state index contributed by atoms with van der Waals surface area (Å²) < 4.78 is 1.70. The first-order chi connectivity index (χ1) is 11.2. The van der Waals surface area contributed by atoms with Crippen LogP contribution in [0.4, 0.5) is 5.95 Å². The first kappa shape index (κ1) is 15.2. The summed E-state index contributed by atoms with van der Waals surface area (Å²) >= 11 is 0. The van der Waals surface area contributed by atoms with Crippen LogP contribution in [0.1, 0.15) is 18.4 Å². The zero-order chi connectivity index (χ0) is 16.1. The highest BCUT2D eigenvalue weighted by molar-refractivity contribution is 5.91. The van der Waals surface area contributed by atoms with Crippen molar-refractivity contribution in [2.45, 2.75) is 18.9 Å². The SMILES string of the molecule is Cn1cc(/C=C/C(=O)NC2CCCN(c3ncccn3)C2)cn1. The van der Waals surface area contributed by atoms with Crippen molar-refractivity contribution in [2.24, 2.45) is 7.05 Å². The Kier molecular flexibility index (Phi) is 4.65. The second-order valence-corrected chi connectivity index (χ2v) is 5.62. The Morgan fingerprint density at radius 1 is 1.39 bits per heavy atom. The standard InChI is InChI=1S/C16H20N6O/c1-21-11-13(10-19-21)5-6-15(23)20-14-4-2-9-22(12-14)16-17-7-3-8-18-16/h3,5-8,10-11,14H,2,4,9,12H2,1H3,(H,20,23)/b6-5+. The molecule has 1 aliphatic rings. The summed E-state index contributed by atoms with van der Waals surface area (Å²) in [5.74, 6) is 0.632. The second kappa shape index (κ2) is 7.04. The molecule has 2 aromatic rings. The van der Waals surface area contributed by atoms with Gasteiger partial charge in [0.05, 0.1) is 6.20 Å². The minimum Gasteiger partial charge on any atom is -0.348 e. The fourth-order valence-corrected chi connectivity index (χ4v) is 2.68. The van der Waals surface area contributed by atoms with Gasteiger partial charge in [-0.3, -0.25) is 9.48 Å². The molecule has 1 saturated heterocycles. The largest absolute Gasteiger partial charge is 0.348 e. The van der Waals surface area contributed by atoms with E-state index < -0.39 is 0 Å². The van der Waals surface area contributed by atoms with Gasteiger partial charge in [0.15, 0.2) is 0 Å². The van der Waals surface area contributed by atoms with Crippen LogP contribution in [-0.2, 0) is 11.8 Å². The van der Waals surface area contributed by atoms with E-state index in [1.54, 1.807) is 41.5 Å². The fraction of sp³-hybridized carbons (Fsp3) is 0.375. The number of hydrogen-bond donors (Lipinski definition) is 1. The number of aromatic nitrogens is 4. The molecule has 3 heterocycles. The molecule has 1 N–H and O–H groups in total. The number of anilines is 1. The highest BCUT2D eigenvalue weighted by Gasteiger charge is 2.22. The van der Waals surface area contributed by atoms with Gasteiger partial charge in [-0.15, -0.1) is 0 Å². The number of nitrogens with zero attached hydrogens (tertiary/aromatic N) is 5. The van der Waals surface area contributed by atoms with E-state index in [4.69, 9.17) is 0 Å². The monoisotopic (exact) mass is 312 g/mol. The first-order valence-corrected chi connectivity index (χ1v) is 7.70. The van der Waals surface area contributed by atoms with Gasteiger partial charge in [0.2, 0.25) is 11.9 Å². The fourth-order valence-electron chi connectivity index (χ4n) is 2.68. The molecule has 1 unspecified atom stereocenters. The molecule has 1 fully saturated rings.